The Labute approximate surface area is 125 Å². The summed E-state index contributed by atoms with van der Waals surface area (Å²) in [5.74, 6) is 0.421. The van der Waals surface area contributed by atoms with Gasteiger partial charge in [0.2, 0.25) is 0 Å². The molecule has 1 aliphatic carbocycles. The molecule has 20 heavy (non-hydrogen) atoms. The SMILES string of the molecule is CC(Oc1ccccc1Cl)C(=O)NCC1=CCCCC1. The van der Waals surface area contributed by atoms with Crippen molar-refractivity contribution >= 4 is 17.5 Å². The largest absolute Gasteiger partial charge is 0.479 e. The minimum absolute atomic E-state index is 0.114. The van der Waals surface area contributed by atoms with Crippen LogP contribution in [0.2, 0.25) is 5.02 Å². The van der Waals surface area contributed by atoms with Crippen LogP contribution in [0.15, 0.2) is 35.9 Å². The lowest BCUT2D eigenvalue weighted by atomic mass is 10.00. The molecule has 0 radical (unpaired) electrons. The van der Waals surface area contributed by atoms with E-state index >= 15 is 0 Å². The lowest BCUT2D eigenvalue weighted by Gasteiger charge is -2.17. The van der Waals surface area contributed by atoms with Gasteiger partial charge < -0.3 is 10.1 Å². The summed E-state index contributed by atoms with van der Waals surface area (Å²) in [6.45, 7) is 2.35. The number of allylic oxidation sites excluding steroid dienone is 1. The number of hydrogen-bond acceptors (Lipinski definition) is 2. The van der Waals surface area contributed by atoms with E-state index in [4.69, 9.17) is 16.3 Å². The minimum Gasteiger partial charge on any atom is -0.479 e. The number of hydrogen-bond donors (Lipinski definition) is 1. The average Bonchev–Trinajstić information content (AvgIpc) is 2.48. The van der Waals surface area contributed by atoms with Crippen LogP contribution in [0.3, 0.4) is 0 Å². The van der Waals surface area contributed by atoms with Crippen LogP contribution in [-0.2, 0) is 4.79 Å². The van der Waals surface area contributed by atoms with Crippen LogP contribution in [0.5, 0.6) is 5.75 Å². The van der Waals surface area contributed by atoms with Crippen LogP contribution >= 0.6 is 11.6 Å². The number of rotatable bonds is 5. The summed E-state index contributed by atoms with van der Waals surface area (Å²) in [6, 6.07) is 7.16. The molecule has 1 aromatic carbocycles. The van der Waals surface area contributed by atoms with Crippen molar-refractivity contribution in [3.8, 4) is 5.75 Å². The number of amides is 1. The monoisotopic (exact) mass is 293 g/mol. The van der Waals surface area contributed by atoms with E-state index in [1.54, 1.807) is 19.1 Å². The van der Waals surface area contributed by atoms with E-state index in [0.717, 1.165) is 12.8 Å². The van der Waals surface area contributed by atoms with E-state index in [-0.39, 0.29) is 5.91 Å². The normalized spacial score (nSPS) is 16.2. The van der Waals surface area contributed by atoms with Gasteiger partial charge in [0, 0.05) is 6.54 Å². The summed E-state index contributed by atoms with van der Waals surface area (Å²) in [7, 11) is 0. The first-order chi connectivity index (χ1) is 9.66. The molecule has 2 rings (SSSR count). The molecule has 1 unspecified atom stereocenters. The van der Waals surface area contributed by atoms with Crippen molar-refractivity contribution in [2.45, 2.75) is 38.7 Å². The van der Waals surface area contributed by atoms with Gasteiger partial charge in [-0.25, -0.2) is 0 Å². The summed E-state index contributed by atoms with van der Waals surface area (Å²) in [5, 5.41) is 3.43. The highest BCUT2D eigenvalue weighted by molar-refractivity contribution is 6.32. The molecule has 1 atom stereocenters. The number of nitrogens with one attached hydrogen (secondary N) is 1. The van der Waals surface area contributed by atoms with Crippen molar-refractivity contribution in [2.75, 3.05) is 6.54 Å². The zero-order valence-electron chi connectivity index (χ0n) is 11.7. The van der Waals surface area contributed by atoms with E-state index in [9.17, 15) is 4.79 Å². The summed E-state index contributed by atoms with van der Waals surface area (Å²) in [5.41, 5.74) is 1.31. The van der Waals surface area contributed by atoms with Crippen molar-refractivity contribution in [2.24, 2.45) is 0 Å². The quantitative estimate of drug-likeness (QED) is 0.840. The van der Waals surface area contributed by atoms with E-state index in [0.29, 0.717) is 17.3 Å². The lowest BCUT2D eigenvalue weighted by molar-refractivity contribution is -0.127. The molecule has 0 heterocycles. The fourth-order valence-electron chi connectivity index (χ4n) is 2.19. The molecule has 0 aromatic heterocycles. The predicted molar refractivity (Wildman–Crippen MR) is 81.1 cm³/mol. The third-order valence-electron chi connectivity index (χ3n) is 3.38. The van der Waals surface area contributed by atoms with Gasteiger partial charge in [-0.1, -0.05) is 35.4 Å². The fraction of sp³-hybridized carbons (Fsp3) is 0.438. The molecule has 0 bridgehead atoms. The van der Waals surface area contributed by atoms with Gasteiger partial charge in [0.05, 0.1) is 5.02 Å². The minimum atomic E-state index is -0.556. The molecular formula is C16H20ClNO2. The standard InChI is InChI=1S/C16H20ClNO2/c1-12(20-15-10-6-5-9-14(15)17)16(19)18-11-13-7-3-2-4-8-13/h5-7,9-10,12H,2-4,8,11H2,1H3,(H,18,19). The first-order valence-corrected chi connectivity index (χ1v) is 7.41. The average molecular weight is 294 g/mol. The van der Waals surface area contributed by atoms with Gasteiger partial charge in [-0.3, -0.25) is 4.79 Å². The second kappa shape index (κ2) is 7.34. The summed E-state index contributed by atoms with van der Waals surface area (Å²) in [6.07, 6.45) is 6.34. The Morgan fingerprint density at radius 1 is 1.40 bits per heavy atom. The molecule has 108 valence electrons. The van der Waals surface area contributed by atoms with Gasteiger partial charge in [-0.15, -0.1) is 0 Å². The van der Waals surface area contributed by atoms with Gasteiger partial charge in [-0.05, 0) is 44.7 Å². The molecule has 0 spiro atoms. The first-order valence-electron chi connectivity index (χ1n) is 7.03. The Hall–Kier alpha value is -1.48. The molecule has 1 amide bonds. The number of ether oxygens (including phenoxy) is 1. The molecule has 0 aliphatic heterocycles. The maximum absolute atomic E-state index is 12.0. The van der Waals surface area contributed by atoms with Crippen LogP contribution in [0.25, 0.3) is 0 Å². The number of carbonyl (C=O) groups excluding carboxylic acids is 1. The Bertz CT molecular complexity index is 499. The lowest BCUT2D eigenvalue weighted by Crippen LogP contribution is -2.37. The van der Waals surface area contributed by atoms with Crippen molar-refractivity contribution in [1.29, 1.82) is 0 Å². The predicted octanol–water partition coefficient (Wildman–Crippen LogP) is 3.72. The number of benzene rings is 1. The highest BCUT2D eigenvalue weighted by atomic mass is 35.5. The van der Waals surface area contributed by atoms with Crippen molar-refractivity contribution in [3.63, 3.8) is 0 Å². The molecule has 3 nitrogen and oxygen atoms in total. The number of para-hydroxylation sites is 1. The maximum atomic E-state index is 12.0. The highest BCUT2D eigenvalue weighted by Crippen LogP contribution is 2.24. The van der Waals surface area contributed by atoms with Crippen molar-refractivity contribution in [3.05, 3.63) is 40.9 Å². The topological polar surface area (TPSA) is 38.3 Å². The molecule has 0 saturated heterocycles. The van der Waals surface area contributed by atoms with E-state index < -0.39 is 6.10 Å². The summed E-state index contributed by atoms with van der Waals surface area (Å²) >= 11 is 6.01. The van der Waals surface area contributed by atoms with Crippen LogP contribution in [0.4, 0.5) is 0 Å². The third-order valence-corrected chi connectivity index (χ3v) is 3.70. The van der Waals surface area contributed by atoms with Crippen molar-refractivity contribution < 1.29 is 9.53 Å². The zero-order chi connectivity index (χ0) is 14.4. The Morgan fingerprint density at radius 2 is 2.20 bits per heavy atom. The van der Waals surface area contributed by atoms with Gasteiger partial charge in [0.15, 0.2) is 6.10 Å². The highest BCUT2D eigenvalue weighted by Gasteiger charge is 2.16. The zero-order valence-corrected chi connectivity index (χ0v) is 12.5. The van der Waals surface area contributed by atoms with Crippen molar-refractivity contribution in [1.82, 2.24) is 5.32 Å². The maximum Gasteiger partial charge on any atom is 0.261 e. The molecular weight excluding hydrogens is 274 g/mol. The fourth-order valence-corrected chi connectivity index (χ4v) is 2.37. The summed E-state index contributed by atoms with van der Waals surface area (Å²) < 4.78 is 5.58. The molecule has 1 aliphatic rings. The van der Waals surface area contributed by atoms with Crippen LogP contribution in [0.1, 0.15) is 32.6 Å². The summed E-state index contributed by atoms with van der Waals surface area (Å²) in [4.78, 5) is 12.0. The second-order valence-corrected chi connectivity index (χ2v) is 5.42. The van der Waals surface area contributed by atoms with E-state index in [1.807, 2.05) is 12.1 Å². The van der Waals surface area contributed by atoms with Crippen LogP contribution in [-0.4, -0.2) is 18.6 Å². The molecule has 0 fully saturated rings. The molecule has 1 N–H and O–H groups in total. The molecule has 4 heteroatoms. The van der Waals surface area contributed by atoms with Gasteiger partial charge >= 0.3 is 0 Å². The Balaban J connectivity index is 1.83. The Kier molecular flexibility index (Phi) is 5.48. The van der Waals surface area contributed by atoms with E-state index in [2.05, 4.69) is 11.4 Å². The van der Waals surface area contributed by atoms with Gasteiger partial charge in [-0.2, -0.15) is 0 Å². The first kappa shape index (κ1) is 14.9. The van der Waals surface area contributed by atoms with Gasteiger partial charge in [0.1, 0.15) is 5.75 Å². The smallest absolute Gasteiger partial charge is 0.261 e. The molecule has 0 saturated carbocycles. The van der Waals surface area contributed by atoms with Crippen LogP contribution in [0, 0.1) is 0 Å². The number of carbonyl (C=O) groups is 1. The van der Waals surface area contributed by atoms with Crippen LogP contribution < -0.4 is 10.1 Å². The second-order valence-electron chi connectivity index (χ2n) is 5.02. The third kappa shape index (κ3) is 4.27. The van der Waals surface area contributed by atoms with Gasteiger partial charge in [0.25, 0.3) is 5.91 Å². The molecule has 1 aromatic rings. The number of halogens is 1. The Morgan fingerprint density at radius 3 is 2.90 bits per heavy atom. The van der Waals surface area contributed by atoms with E-state index in [1.165, 1.54) is 18.4 Å².